The molecule has 0 bridgehead atoms. The number of ether oxygens (including phenoxy) is 1. The van der Waals surface area contributed by atoms with Gasteiger partial charge in [0.25, 0.3) is 0 Å². The van der Waals surface area contributed by atoms with E-state index in [1.807, 2.05) is 16.8 Å². The number of hydrogen-bond donors (Lipinski definition) is 0. The van der Waals surface area contributed by atoms with Crippen molar-refractivity contribution < 1.29 is 4.74 Å². The van der Waals surface area contributed by atoms with Gasteiger partial charge in [-0.3, -0.25) is 9.58 Å². The lowest BCUT2D eigenvalue weighted by Gasteiger charge is -2.29. The fourth-order valence-electron chi connectivity index (χ4n) is 3.56. The molecule has 5 heteroatoms. The molecule has 1 fully saturated rings. The fourth-order valence-corrected chi connectivity index (χ4v) is 3.56. The highest BCUT2D eigenvalue weighted by molar-refractivity contribution is 5.39. The third-order valence-electron chi connectivity index (χ3n) is 5.05. The number of hydrogen-bond acceptors (Lipinski definition) is 4. The molecule has 1 unspecified atom stereocenters. The van der Waals surface area contributed by atoms with Gasteiger partial charge in [-0.15, -0.1) is 5.10 Å². The van der Waals surface area contributed by atoms with Gasteiger partial charge in [-0.2, -0.15) is 0 Å². The van der Waals surface area contributed by atoms with Crippen LogP contribution in [0.3, 0.4) is 0 Å². The second-order valence-electron chi connectivity index (χ2n) is 6.94. The second-order valence-corrected chi connectivity index (χ2v) is 6.94. The highest BCUT2D eigenvalue weighted by atomic mass is 16.5. The molecule has 2 aliphatic heterocycles. The van der Waals surface area contributed by atoms with Gasteiger partial charge in [-0.25, -0.2) is 0 Å². The molecule has 1 aromatic carbocycles. The molecule has 4 rings (SSSR count). The Morgan fingerprint density at radius 2 is 2.04 bits per heavy atom. The molecule has 0 amide bonds. The molecular formula is C18H24N4O. The highest BCUT2D eigenvalue weighted by Gasteiger charge is 2.24. The number of nitrogens with zero attached hydrogens (tertiary/aromatic N) is 4. The van der Waals surface area contributed by atoms with Crippen LogP contribution in [0.15, 0.2) is 30.5 Å². The number of fused-ring (bicyclic) bond motifs is 1. The Balaban J connectivity index is 1.37. The largest absolute Gasteiger partial charge is 0.493 e. The Bertz CT molecular complexity index is 661. The van der Waals surface area contributed by atoms with E-state index in [0.717, 1.165) is 37.1 Å². The van der Waals surface area contributed by atoms with Crippen molar-refractivity contribution in [3.05, 3.63) is 41.7 Å². The minimum Gasteiger partial charge on any atom is -0.493 e. The summed E-state index contributed by atoms with van der Waals surface area (Å²) >= 11 is 0. The summed E-state index contributed by atoms with van der Waals surface area (Å²) in [7, 11) is 0. The van der Waals surface area contributed by atoms with Crippen molar-refractivity contribution in [2.24, 2.45) is 5.92 Å². The molecule has 122 valence electrons. The zero-order chi connectivity index (χ0) is 15.6. The number of aromatic nitrogens is 3. The van der Waals surface area contributed by atoms with Crippen molar-refractivity contribution in [2.45, 2.75) is 38.8 Å². The van der Waals surface area contributed by atoms with Gasteiger partial charge < -0.3 is 4.74 Å². The Morgan fingerprint density at radius 1 is 1.22 bits per heavy atom. The predicted molar refractivity (Wildman–Crippen MR) is 88.4 cm³/mol. The monoisotopic (exact) mass is 312 g/mol. The summed E-state index contributed by atoms with van der Waals surface area (Å²) in [5.74, 6) is 2.25. The first-order valence-corrected chi connectivity index (χ1v) is 8.61. The summed E-state index contributed by atoms with van der Waals surface area (Å²) in [6.07, 6.45) is 4.69. The SMILES string of the molecule is CC1CCN(Cc2cn(CC3COc4ccccc43)nn2)CC1. The van der Waals surface area contributed by atoms with E-state index in [2.05, 4.69) is 40.5 Å². The smallest absolute Gasteiger partial charge is 0.122 e. The van der Waals surface area contributed by atoms with E-state index in [1.165, 1.54) is 31.5 Å². The first-order valence-electron chi connectivity index (χ1n) is 8.61. The maximum absolute atomic E-state index is 5.75. The Labute approximate surface area is 137 Å². The topological polar surface area (TPSA) is 43.2 Å². The van der Waals surface area contributed by atoms with E-state index in [0.29, 0.717) is 5.92 Å². The van der Waals surface area contributed by atoms with Crippen LogP contribution in [-0.2, 0) is 13.1 Å². The van der Waals surface area contributed by atoms with Crippen LogP contribution in [0.1, 0.15) is 36.9 Å². The molecule has 1 aromatic heterocycles. The van der Waals surface area contributed by atoms with Crippen LogP contribution in [0.4, 0.5) is 0 Å². The van der Waals surface area contributed by atoms with Crippen LogP contribution in [-0.4, -0.2) is 39.6 Å². The first-order chi connectivity index (χ1) is 11.3. The fraction of sp³-hybridized carbons (Fsp3) is 0.556. The van der Waals surface area contributed by atoms with Gasteiger partial charge in [-0.05, 0) is 37.9 Å². The van der Waals surface area contributed by atoms with Crippen molar-refractivity contribution in [1.29, 1.82) is 0 Å². The van der Waals surface area contributed by atoms with Crippen LogP contribution in [0, 0.1) is 5.92 Å². The highest BCUT2D eigenvalue weighted by Crippen LogP contribution is 2.34. The Morgan fingerprint density at radius 3 is 2.91 bits per heavy atom. The van der Waals surface area contributed by atoms with Crippen molar-refractivity contribution in [2.75, 3.05) is 19.7 Å². The summed E-state index contributed by atoms with van der Waals surface area (Å²) in [6, 6.07) is 8.29. The summed E-state index contributed by atoms with van der Waals surface area (Å²) in [4.78, 5) is 2.49. The van der Waals surface area contributed by atoms with E-state index in [4.69, 9.17) is 4.74 Å². The van der Waals surface area contributed by atoms with Crippen LogP contribution >= 0.6 is 0 Å². The van der Waals surface area contributed by atoms with Gasteiger partial charge in [0.05, 0.1) is 18.8 Å². The standard InChI is InChI=1S/C18H24N4O/c1-14-6-8-21(9-7-14)11-16-12-22(20-19-16)10-15-13-23-18-5-3-2-4-17(15)18/h2-5,12,14-15H,6-11,13H2,1H3. The van der Waals surface area contributed by atoms with Crippen molar-refractivity contribution in [3.8, 4) is 5.75 Å². The number of likely N-dealkylation sites (tertiary alicyclic amines) is 1. The van der Waals surface area contributed by atoms with E-state index < -0.39 is 0 Å². The molecule has 5 nitrogen and oxygen atoms in total. The van der Waals surface area contributed by atoms with Crippen LogP contribution in [0.5, 0.6) is 5.75 Å². The molecule has 3 heterocycles. The number of piperidine rings is 1. The van der Waals surface area contributed by atoms with Gasteiger partial charge in [0.1, 0.15) is 5.75 Å². The zero-order valence-corrected chi connectivity index (χ0v) is 13.7. The maximum atomic E-state index is 5.75. The zero-order valence-electron chi connectivity index (χ0n) is 13.7. The van der Waals surface area contributed by atoms with Crippen molar-refractivity contribution in [3.63, 3.8) is 0 Å². The van der Waals surface area contributed by atoms with E-state index >= 15 is 0 Å². The molecule has 0 spiro atoms. The third-order valence-corrected chi connectivity index (χ3v) is 5.05. The molecular weight excluding hydrogens is 288 g/mol. The minimum atomic E-state index is 0.372. The third kappa shape index (κ3) is 3.24. The lowest BCUT2D eigenvalue weighted by molar-refractivity contribution is 0.183. The number of benzene rings is 1. The van der Waals surface area contributed by atoms with Gasteiger partial charge in [0.2, 0.25) is 0 Å². The average Bonchev–Trinajstić information content (AvgIpc) is 3.18. The lowest BCUT2D eigenvalue weighted by atomic mass is 9.99. The number of rotatable bonds is 4. The first kappa shape index (κ1) is 14.7. The average molecular weight is 312 g/mol. The molecule has 1 saturated heterocycles. The van der Waals surface area contributed by atoms with Crippen LogP contribution < -0.4 is 4.74 Å². The lowest BCUT2D eigenvalue weighted by Crippen LogP contribution is -2.32. The molecule has 0 aliphatic carbocycles. The Kier molecular flexibility index (Phi) is 4.04. The molecule has 1 atom stereocenters. The molecule has 2 aliphatic rings. The molecule has 0 saturated carbocycles. The molecule has 23 heavy (non-hydrogen) atoms. The van der Waals surface area contributed by atoms with Crippen molar-refractivity contribution >= 4 is 0 Å². The summed E-state index contributed by atoms with van der Waals surface area (Å²) in [6.45, 7) is 7.19. The van der Waals surface area contributed by atoms with Crippen LogP contribution in [0.2, 0.25) is 0 Å². The van der Waals surface area contributed by atoms with Gasteiger partial charge in [0, 0.05) is 24.2 Å². The molecule has 0 radical (unpaired) electrons. The minimum absolute atomic E-state index is 0.372. The van der Waals surface area contributed by atoms with E-state index in [-0.39, 0.29) is 0 Å². The quantitative estimate of drug-likeness (QED) is 0.870. The van der Waals surface area contributed by atoms with E-state index in [1.54, 1.807) is 0 Å². The molecule has 0 N–H and O–H groups in total. The van der Waals surface area contributed by atoms with Crippen molar-refractivity contribution in [1.82, 2.24) is 19.9 Å². The summed E-state index contributed by atoms with van der Waals surface area (Å²) < 4.78 is 7.72. The predicted octanol–water partition coefficient (Wildman–Crippen LogP) is 2.69. The van der Waals surface area contributed by atoms with Gasteiger partial charge in [-0.1, -0.05) is 30.3 Å². The molecule has 2 aromatic rings. The second kappa shape index (κ2) is 6.32. The van der Waals surface area contributed by atoms with Gasteiger partial charge >= 0.3 is 0 Å². The normalized spacial score (nSPS) is 22.0. The summed E-state index contributed by atoms with van der Waals surface area (Å²) in [5, 5.41) is 8.68. The summed E-state index contributed by atoms with van der Waals surface area (Å²) in [5.41, 5.74) is 2.36. The number of para-hydroxylation sites is 1. The van der Waals surface area contributed by atoms with E-state index in [9.17, 15) is 0 Å². The maximum Gasteiger partial charge on any atom is 0.122 e. The van der Waals surface area contributed by atoms with Crippen LogP contribution in [0.25, 0.3) is 0 Å². The van der Waals surface area contributed by atoms with Gasteiger partial charge in [0.15, 0.2) is 0 Å². The Hall–Kier alpha value is -1.88.